The van der Waals surface area contributed by atoms with E-state index < -0.39 is 0 Å². The van der Waals surface area contributed by atoms with Gasteiger partial charge in [-0.3, -0.25) is 5.01 Å². The predicted molar refractivity (Wildman–Crippen MR) is 52.6 cm³/mol. The molecule has 68 valence electrons. The molecular formula is C8H9ClN4. The Balaban J connectivity index is 2.62. The van der Waals surface area contributed by atoms with Gasteiger partial charge in [0.15, 0.2) is 0 Å². The summed E-state index contributed by atoms with van der Waals surface area (Å²) < 4.78 is 0. The average Bonchev–Trinajstić information content (AvgIpc) is 2.46. The van der Waals surface area contributed by atoms with Crippen molar-refractivity contribution in [2.75, 3.05) is 19.1 Å². The summed E-state index contributed by atoms with van der Waals surface area (Å²) in [6.07, 6.45) is 0. The van der Waals surface area contributed by atoms with Crippen molar-refractivity contribution < 1.29 is 0 Å². The zero-order valence-corrected chi connectivity index (χ0v) is 8.15. The SMILES string of the molecule is CN(C)n1nc2ccc(Cl)cc2n1. The summed E-state index contributed by atoms with van der Waals surface area (Å²) in [7, 11) is 3.75. The molecular weight excluding hydrogens is 188 g/mol. The highest BCUT2D eigenvalue weighted by atomic mass is 35.5. The predicted octanol–water partition coefficient (Wildman–Crippen LogP) is 1.28. The van der Waals surface area contributed by atoms with Crippen LogP contribution in [-0.4, -0.2) is 29.2 Å². The van der Waals surface area contributed by atoms with E-state index in [0.29, 0.717) is 5.02 Å². The smallest absolute Gasteiger partial charge is 0.116 e. The van der Waals surface area contributed by atoms with E-state index in [-0.39, 0.29) is 0 Å². The lowest BCUT2D eigenvalue weighted by Crippen LogP contribution is -2.27. The van der Waals surface area contributed by atoms with Crippen LogP contribution in [0.3, 0.4) is 0 Å². The molecule has 0 radical (unpaired) electrons. The zero-order chi connectivity index (χ0) is 9.42. The third-order valence-corrected chi connectivity index (χ3v) is 1.92. The molecule has 0 N–H and O–H groups in total. The molecule has 2 rings (SSSR count). The molecule has 0 aliphatic heterocycles. The lowest BCUT2D eigenvalue weighted by molar-refractivity contribution is 0.563. The number of fused-ring (bicyclic) bond motifs is 1. The summed E-state index contributed by atoms with van der Waals surface area (Å²) in [5.41, 5.74) is 1.65. The Morgan fingerprint density at radius 3 is 2.62 bits per heavy atom. The highest BCUT2D eigenvalue weighted by Crippen LogP contribution is 2.15. The van der Waals surface area contributed by atoms with Crippen LogP contribution in [0.1, 0.15) is 0 Å². The van der Waals surface area contributed by atoms with Crippen molar-refractivity contribution in [3.05, 3.63) is 23.2 Å². The number of nitrogens with zero attached hydrogens (tertiary/aromatic N) is 4. The minimum atomic E-state index is 0.679. The number of hydrogen-bond donors (Lipinski definition) is 0. The molecule has 0 bridgehead atoms. The first kappa shape index (κ1) is 8.31. The van der Waals surface area contributed by atoms with Crippen molar-refractivity contribution in [1.82, 2.24) is 15.1 Å². The molecule has 0 spiro atoms. The Kier molecular flexibility index (Phi) is 1.84. The molecule has 5 heteroatoms. The van der Waals surface area contributed by atoms with Crippen molar-refractivity contribution >= 4 is 22.6 Å². The number of aromatic nitrogens is 3. The molecule has 1 heterocycles. The summed E-state index contributed by atoms with van der Waals surface area (Å²) in [4.78, 5) is 1.53. The largest absolute Gasteiger partial charge is 0.286 e. The lowest BCUT2D eigenvalue weighted by atomic mass is 10.3. The first-order valence-corrected chi connectivity index (χ1v) is 4.25. The summed E-state index contributed by atoms with van der Waals surface area (Å²) in [6.45, 7) is 0. The molecule has 0 saturated carbocycles. The Bertz CT molecular complexity index is 435. The normalized spacial score (nSPS) is 10.7. The van der Waals surface area contributed by atoms with Crippen molar-refractivity contribution in [3.8, 4) is 0 Å². The van der Waals surface area contributed by atoms with Crippen LogP contribution in [0.25, 0.3) is 11.0 Å². The van der Waals surface area contributed by atoms with Crippen LogP contribution in [0.5, 0.6) is 0 Å². The molecule has 1 aromatic heterocycles. The topological polar surface area (TPSA) is 34.0 Å². The first-order chi connectivity index (χ1) is 6.16. The van der Waals surface area contributed by atoms with Gasteiger partial charge in [0.05, 0.1) is 0 Å². The molecule has 4 nitrogen and oxygen atoms in total. The van der Waals surface area contributed by atoms with Gasteiger partial charge in [0.2, 0.25) is 0 Å². The number of halogens is 1. The molecule has 0 unspecified atom stereocenters. The monoisotopic (exact) mass is 196 g/mol. The molecule has 0 aliphatic carbocycles. The van der Waals surface area contributed by atoms with Gasteiger partial charge in [0.1, 0.15) is 11.0 Å². The molecule has 13 heavy (non-hydrogen) atoms. The number of benzene rings is 1. The fraction of sp³-hybridized carbons (Fsp3) is 0.250. The van der Waals surface area contributed by atoms with Crippen LogP contribution in [0, 0.1) is 0 Å². The van der Waals surface area contributed by atoms with E-state index in [1.807, 2.05) is 20.2 Å². The summed E-state index contributed by atoms with van der Waals surface area (Å²) in [5, 5.41) is 10.9. The second-order valence-corrected chi connectivity index (χ2v) is 3.39. The zero-order valence-electron chi connectivity index (χ0n) is 7.40. The van der Waals surface area contributed by atoms with Crippen molar-refractivity contribution in [2.24, 2.45) is 0 Å². The maximum Gasteiger partial charge on any atom is 0.116 e. The van der Waals surface area contributed by atoms with E-state index in [2.05, 4.69) is 10.2 Å². The first-order valence-electron chi connectivity index (χ1n) is 3.87. The van der Waals surface area contributed by atoms with Gasteiger partial charge < -0.3 is 0 Å². The van der Waals surface area contributed by atoms with Gasteiger partial charge in [-0.25, -0.2) is 0 Å². The minimum absolute atomic E-state index is 0.679. The van der Waals surface area contributed by atoms with Gasteiger partial charge in [-0.1, -0.05) is 16.5 Å². The van der Waals surface area contributed by atoms with E-state index in [0.717, 1.165) is 11.0 Å². The van der Waals surface area contributed by atoms with E-state index in [1.54, 1.807) is 17.1 Å². The lowest BCUT2D eigenvalue weighted by Gasteiger charge is -2.07. The van der Waals surface area contributed by atoms with Gasteiger partial charge in [0, 0.05) is 19.1 Å². The molecule has 0 fully saturated rings. The molecule has 0 atom stereocenters. The average molecular weight is 197 g/mol. The molecule has 0 aliphatic rings. The second-order valence-electron chi connectivity index (χ2n) is 2.95. The van der Waals surface area contributed by atoms with E-state index in [9.17, 15) is 0 Å². The minimum Gasteiger partial charge on any atom is -0.286 e. The highest BCUT2D eigenvalue weighted by Gasteiger charge is 2.03. The molecule has 1 aromatic carbocycles. The van der Waals surface area contributed by atoms with Gasteiger partial charge in [-0.2, -0.15) is 0 Å². The van der Waals surface area contributed by atoms with Crippen molar-refractivity contribution in [1.29, 1.82) is 0 Å². The van der Waals surface area contributed by atoms with Crippen LogP contribution in [0.4, 0.5) is 0 Å². The highest BCUT2D eigenvalue weighted by molar-refractivity contribution is 6.31. The molecule has 0 saturated heterocycles. The van der Waals surface area contributed by atoms with Crippen LogP contribution in [-0.2, 0) is 0 Å². The Morgan fingerprint density at radius 1 is 1.23 bits per heavy atom. The number of hydrogen-bond acceptors (Lipinski definition) is 3. The maximum absolute atomic E-state index is 5.82. The quantitative estimate of drug-likeness (QED) is 0.689. The summed E-state index contributed by atoms with van der Waals surface area (Å²) in [6, 6.07) is 5.45. The summed E-state index contributed by atoms with van der Waals surface area (Å²) in [5.74, 6) is 0. The third-order valence-electron chi connectivity index (χ3n) is 1.69. The Labute approximate surface area is 80.7 Å². The van der Waals surface area contributed by atoms with Gasteiger partial charge in [-0.15, -0.1) is 10.2 Å². The fourth-order valence-electron chi connectivity index (χ4n) is 1.06. The Hall–Kier alpha value is -1.29. The fourth-order valence-corrected chi connectivity index (χ4v) is 1.22. The molecule has 2 aromatic rings. The van der Waals surface area contributed by atoms with Crippen LogP contribution in [0.15, 0.2) is 18.2 Å². The van der Waals surface area contributed by atoms with Crippen LogP contribution >= 0.6 is 11.6 Å². The molecule has 0 amide bonds. The van der Waals surface area contributed by atoms with E-state index in [4.69, 9.17) is 11.6 Å². The van der Waals surface area contributed by atoms with Crippen molar-refractivity contribution in [3.63, 3.8) is 0 Å². The van der Waals surface area contributed by atoms with E-state index in [1.165, 1.54) is 4.91 Å². The van der Waals surface area contributed by atoms with Crippen LogP contribution < -0.4 is 5.01 Å². The Morgan fingerprint density at radius 2 is 1.92 bits per heavy atom. The standard InChI is InChI=1S/C8H9ClN4/c1-12(2)13-10-7-4-3-6(9)5-8(7)11-13/h3-5H,1-2H3. The van der Waals surface area contributed by atoms with Crippen molar-refractivity contribution in [2.45, 2.75) is 0 Å². The summed E-state index contributed by atoms with van der Waals surface area (Å²) >= 11 is 5.82. The van der Waals surface area contributed by atoms with Gasteiger partial charge in [-0.05, 0) is 18.2 Å². The number of rotatable bonds is 1. The second kappa shape index (κ2) is 2.88. The van der Waals surface area contributed by atoms with Gasteiger partial charge >= 0.3 is 0 Å². The maximum atomic E-state index is 5.82. The van der Waals surface area contributed by atoms with E-state index >= 15 is 0 Å². The van der Waals surface area contributed by atoms with Gasteiger partial charge in [0.25, 0.3) is 0 Å². The van der Waals surface area contributed by atoms with Crippen LogP contribution in [0.2, 0.25) is 5.02 Å². The third kappa shape index (κ3) is 1.45.